The summed E-state index contributed by atoms with van der Waals surface area (Å²) in [7, 11) is 0. The first-order valence-corrected chi connectivity index (χ1v) is 6.27. The Kier molecular flexibility index (Phi) is 3.01. The smallest absolute Gasteiger partial charge is 0.335 e. The third-order valence-corrected chi connectivity index (χ3v) is 3.43. The lowest BCUT2D eigenvalue weighted by molar-refractivity contribution is 0.0697. The number of epoxide rings is 1. The van der Waals surface area contributed by atoms with Crippen LogP contribution in [0.25, 0.3) is 0 Å². The van der Waals surface area contributed by atoms with Crippen LogP contribution in [0.1, 0.15) is 33.7 Å². The summed E-state index contributed by atoms with van der Waals surface area (Å²) in [5.74, 6) is -0.919. The molecule has 2 aromatic carbocycles. The van der Waals surface area contributed by atoms with Crippen molar-refractivity contribution in [2.75, 3.05) is 0 Å². The number of carboxylic acids is 1. The Morgan fingerprint density at radius 1 is 0.947 bits per heavy atom. The van der Waals surface area contributed by atoms with E-state index in [-0.39, 0.29) is 17.8 Å². The van der Waals surface area contributed by atoms with Crippen LogP contribution in [-0.4, -0.2) is 11.1 Å². The van der Waals surface area contributed by atoms with E-state index in [0.29, 0.717) is 5.02 Å². The van der Waals surface area contributed by atoms with E-state index in [1.165, 1.54) is 0 Å². The Labute approximate surface area is 115 Å². The lowest BCUT2D eigenvalue weighted by atomic mass is 10.0. The minimum Gasteiger partial charge on any atom is -0.478 e. The highest BCUT2D eigenvalue weighted by Crippen LogP contribution is 2.50. The minimum absolute atomic E-state index is 0.00372. The maximum absolute atomic E-state index is 10.8. The molecule has 1 N–H and O–H groups in total. The second kappa shape index (κ2) is 4.68. The summed E-state index contributed by atoms with van der Waals surface area (Å²) in [5, 5.41) is 9.54. The molecular weight excluding hydrogens is 264 g/mol. The molecule has 1 fully saturated rings. The zero-order chi connectivity index (χ0) is 13.4. The molecule has 0 spiro atoms. The molecule has 3 rings (SSSR count). The number of carbonyl (C=O) groups is 1. The average molecular weight is 275 g/mol. The van der Waals surface area contributed by atoms with Gasteiger partial charge in [-0.1, -0.05) is 35.9 Å². The fourth-order valence-electron chi connectivity index (χ4n) is 2.09. The summed E-state index contributed by atoms with van der Waals surface area (Å²) in [6, 6.07) is 14.3. The normalized spacial score (nSPS) is 21.1. The molecule has 19 heavy (non-hydrogen) atoms. The zero-order valence-corrected chi connectivity index (χ0v) is 10.7. The fraction of sp³-hybridized carbons (Fsp3) is 0.133. The monoisotopic (exact) mass is 274 g/mol. The standard InChI is InChI=1S/C15H11ClO3/c16-12-7-5-10(6-8-12)14-13(19-14)9-1-3-11(4-2-9)15(17)18/h1-8,13-14H,(H,17,18). The number of rotatable bonds is 3. The van der Waals surface area contributed by atoms with Gasteiger partial charge < -0.3 is 9.84 Å². The molecule has 0 amide bonds. The molecule has 0 bridgehead atoms. The molecule has 3 nitrogen and oxygen atoms in total. The van der Waals surface area contributed by atoms with Crippen molar-refractivity contribution in [3.05, 3.63) is 70.2 Å². The molecule has 1 aliphatic rings. The van der Waals surface area contributed by atoms with Crippen LogP contribution in [-0.2, 0) is 4.74 Å². The molecule has 0 saturated carbocycles. The van der Waals surface area contributed by atoms with Crippen LogP contribution in [0.3, 0.4) is 0 Å². The third-order valence-electron chi connectivity index (χ3n) is 3.18. The fourth-order valence-corrected chi connectivity index (χ4v) is 2.21. The minimum atomic E-state index is -0.919. The van der Waals surface area contributed by atoms with Crippen LogP contribution in [0.5, 0.6) is 0 Å². The Bertz CT molecular complexity index is 604. The van der Waals surface area contributed by atoms with Crippen molar-refractivity contribution < 1.29 is 14.6 Å². The number of aromatic carboxylic acids is 1. The van der Waals surface area contributed by atoms with Gasteiger partial charge in [-0.05, 0) is 35.4 Å². The summed E-state index contributed by atoms with van der Waals surface area (Å²) in [5.41, 5.74) is 2.36. The van der Waals surface area contributed by atoms with Gasteiger partial charge in [0.05, 0.1) is 5.56 Å². The van der Waals surface area contributed by atoms with Gasteiger partial charge in [0.15, 0.2) is 0 Å². The Morgan fingerprint density at radius 3 is 1.89 bits per heavy atom. The van der Waals surface area contributed by atoms with Gasteiger partial charge in [0.25, 0.3) is 0 Å². The molecule has 2 aromatic rings. The van der Waals surface area contributed by atoms with Crippen LogP contribution in [0, 0.1) is 0 Å². The lowest BCUT2D eigenvalue weighted by Crippen LogP contribution is -1.95. The average Bonchev–Trinajstić information content (AvgIpc) is 3.20. The van der Waals surface area contributed by atoms with Crippen molar-refractivity contribution in [3.8, 4) is 0 Å². The molecule has 1 aliphatic heterocycles. The first-order chi connectivity index (χ1) is 9.15. The van der Waals surface area contributed by atoms with Crippen molar-refractivity contribution in [2.45, 2.75) is 12.2 Å². The SMILES string of the molecule is O=C(O)c1ccc(C2OC2c2ccc(Cl)cc2)cc1. The second-order valence-corrected chi connectivity index (χ2v) is 4.89. The largest absolute Gasteiger partial charge is 0.478 e. The molecular formula is C15H11ClO3. The van der Waals surface area contributed by atoms with Gasteiger partial charge in [-0.15, -0.1) is 0 Å². The summed E-state index contributed by atoms with van der Waals surface area (Å²) in [6.45, 7) is 0. The quantitative estimate of drug-likeness (QED) is 0.865. The molecule has 4 heteroatoms. The van der Waals surface area contributed by atoms with Gasteiger partial charge in [0, 0.05) is 5.02 Å². The second-order valence-electron chi connectivity index (χ2n) is 4.46. The Morgan fingerprint density at radius 2 is 1.42 bits per heavy atom. The maximum Gasteiger partial charge on any atom is 0.335 e. The van der Waals surface area contributed by atoms with Gasteiger partial charge in [-0.25, -0.2) is 4.79 Å². The van der Waals surface area contributed by atoms with Crippen LogP contribution in [0.2, 0.25) is 5.02 Å². The first kappa shape index (κ1) is 12.2. The van der Waals surface area contributed by atoms with Gasteiger partial charge in [-0.3, -0.25) is 0 Å². The van der Waals surface area contributed by atoms with Gasteiger partial charge >= 0.3 is 5.97 Å². The molecule has 0 aliphatic carbocycles. The zero-order valence-electron chi connectivity index (χ0n) is 9.92. The van der Waals surface area contributed by atoms with E-state index in [9.17, 15) is 4.79 Å². The van der Waals surface area contributed by atoms with Crippen LogP contribution >= 0.6 is 11.6 Å². The highest BCUT2D eigenvalue weighted by molar-refractivity contribution is 6.30. The number of carboxylic acid groups (broad SMARTS) is 1. The number of hydrogen-bond donors (Lipinski definition) is 1. The van der Waals surface area contributed by atoms with E-state index in [4.69, 9.17) is 21.4 Å². The van der Waals surface area contributed by atoms with Gasteiger partial charge in [-0.2, -0.15) is 0 Å². The van der Waals surface area contributed by atoms with E-state index in [1.54, 1.807) is 24.3 Å². The number of halogens is 1. The van der Waals surface area contributed by atoms with E-state index in [2.05, 4.69) is 0 Å². The van der Waals surface area contributed by atoms with E-state index in [1.807, 2.05) is 24.3 Å². The van der Waals surface area contributed by atoms with Crippen molar-refractivity contribution in [1.29, 1.82) is 0 Å². The third kappa shape index (κ3) is 2.48. The topological polar surface area (TPSA) is 49.8 Å². The van der Waals surface area contributed by atoms with Crippen molar-refractivity contribution in [1.82, 2.24) is 0 Å². The summed E-state index contributed by atoms with van der Waals surface area (Å²) < 4.78 is 5.64. The molecule has 2 atom stereocenters. The summed E-state index contributed by atoms with van der Waals surface area (Å²) in [6.07, 6.45) is 0.0389. The van der Waals surface area contributed by atoms with Crippen LogP contribution < -0.4 is 0 Å². The maximum atomic E-state index is 10.8. The predicted octanol–water partition coefficient (Wildman–Crippen LogP) is 3.85. The number of ether oxygens (including phenoxy) is 1. The molecule has 1 saturated heterocycles. The van der Waals surface area contributed by atoms with E-state index >= 15 is 0 Å². The van der Waals surface area contributed by atoms with E-state index < -0.39 is 5.97 Å². The first-order valence-electron chi connectivity index (χ1n) is 5.89. The van der Waals surface area contributed by atoms with Gasteiger partial charge in [0.1, 0.15) is 12.2 Å². The van der Waals surface area contributed by atoms with Crippen molar-refractivity contribution in [2.24, 2.45) is 0 Å². The molecule has 2 unspecified atom stereocenters. The Hall–Kier alpha value is -1.84. The highest BCUT2D eigenvalue weighted by Gasteiger charge is 2.41. The van der Waals surface area contributed by atoms with Gasteiger partial charge in [0.2, 0.25) is 0 Å². The van der Waals surface area contributed by atoms with E-state index in [0.717, 1.165) is 11.1 Å². The number of hydrogen-bond acceptors (Lipinski definition) is 2. The molecule has 96 valence electrons. The predicted molar refractivity (Wildman–Crippen MR) is 71.4 cm³/mol. The van der Waals surface area contributed by atoms with Crippen LogP contribution in [0.15, 0.2) is 48.5 Å². The van der Waals surface area contributed by atoms with Crippen molar-refractivity contribution >= 4 is 17.6 Å². The van der Waals surface area contributed by atoms with Crippen molar-refractivity contribution in [3.63, 3.8) is 0 Å². The Balaban J connectivity index is 1.75. The van der Waals surface area contributed by atoms with Crippen LogP contribution in [0.4, 0.5) is 0 Å². The lowest BCUT2D eigenvalue weighted by Gasteiger charge is -1.99. The molecule has 0 radical (unpaired) electrons. The highest BCUT2D eigenvalue weighted by atomic mass is 35.5. The molecule has 0 aromatic heterocycles. The summed E-state index contributed by atoms with van der Waals surface area (Å²) in [4.78, 5) is 10.8. The summed E-state index contributed by atoms with van der Waals surface area (Å²) >= 11 is 5.84. The number of benzene rings is 2. The molecule has 1 heterocycles.